The highest BCUT2D eigenvalue weighted by atomic mass is 35.5. The summed E-state index contributed by atoms with van der Waals surface area (Å²) in [6, 6.07) is 1.43. The molecule has 0 heterocycles. The topological polar surface area (TPSA) is 75.5 Å². The van der Waals surface area contributed by atoms with E-state index in [9.17, 15) is 9.50 Å². The van der Waals surface area contributed by atoms with Gasteiger partial charge in [-0.25, -0.2) is 4.39 Å². The van der Waals surface area contributed by atoms with Gasteiger partial charge in [0.05, 0.1) is 23.2 Å². The Labute approximate surface area is 105 Å². The van der Waals surface area contributed by atoms with E-state index in [2.05, 4.69) is 0 Å². The number of nitrogens with two attached hydrogens (primary N) is 2. The monoisotopic (exact) mass is 261 g/mol. The number of nitrogen functional groups attached to an aromatic ring is 2. The second-order valence-electron chi connectivity index (χ2n) is 4.09. The molecule has 0 radical (unpaired) electrons. The Bertz CT molecular complexity index is 412. The van der Waals surface area contributed by atoms with Gasteiger partial charge >= 0.3 is 0 Å². The van der Waals surface area contributed by atoms with Crippen LogP contribution in [0.25, 0.3) is 0 Å². The number of anilines is 3. The summed E-state index contributed by atoms with van der Waals surface area (Å²) in [6.45, 7) is 2.14. The van der Waals surface area contributed by atoms with Crippen molar-refractivity contribution in [3.8, 4) is 0 Å². The molecule has 4 nitrogen and oxygen atoms in total. The normalized spacial score (nSPS) is 12.5. The van der Waals surface area contributed by atoms with Gasteiger partial charge in [0.1, 0.15) is 5.02 Å². The molecule has 0 fully saturated rings. The van der Waals surface area contributed by atoms with Gasteiger partial charge in [-0.05, 0) is 19.4 Å². The van der Waals surface area contributed by atoms with Crippen molar-refractivity contribution in [1.82, 2.24) is 0 Å². The van der Waals surface area contributed by atoms with Crippen molar-refractivity contribution in [2.24, 2.45) is 0 Å². The van der Waals surface area contributed by atoms with Crippen LogP contribution in [0.2, 0.25) is 5.02 Å². The van der Waals surface area contributed by atoms with E-state index in [1.807, 2.05) is 0 Å². The van der Waals surface area contributed by atoms with Gasteiger partial charge in [0.15, 0.2) is 5.82 Å². The SMILES string of the molecule is CC(O)CCN(C)c1c(N)cc(N)c(Cl)c1F. The lowest BCUT2D eigenvalue weighted by Crippen LogP contribution is -2.24. The maximum Gasteiger partial charge on any atom is 0.169 e. The number of aliphatic hydroxyl groups is 1. The third kappa shape index (κ3) is 3.14. The van der Waals surface area contributed by atoms with Crippen molar-refractivity contribution in [3.63, 3.8) is 0 Å². The summed E-state index contributed by atoms with van der Waals surface area (Å²) in [5.74, 6) is -0.628. The van der Waals surface area contributed by atoms with Gasteiger partial charge in [-0.1, -0.05) is 11.6 Å². The minimum atomic E-state index is -0.628. The van der Waals surface area contributed by atoms with Gasteiger partial charge in [0, 0.05) is 13.6 Å². The first kappa shape index (κ1) is 13.9. The fraction of sp³-hybridized carbons (Fsp3) is 0.455. The van der Waals surface area contributed by atoms with Crippen LogP contribution in [-0.2, 0) is 0 Å². The molecule has 96 valence electrons. The highest BCUT2D eigenvalue weighted by Gasteiger charge is 2.17. The molecule has 0 aromatic heterocycles. The molecule has 0 aliphatic carbocycles. The summed E-state index contributed by atoms with van der Waals surface area (Å²) >= 11 is 5.73. The van der Waals surface area contributed by atoms with Crippen LogP contribution in [0.4, 0.5) is 21.5 Å². The third-order valence-electron chi connectivity index (χ3n) is 2.50. The van der Waals surface area contributed by atoms with Crippen molar-refractivity contribution in [3.05, 3.63) is 16.9 Å². The van der Waals surface area contributed by atoms with Crippen molar-refractivity contribution in [2.45, 2.75) is 19.4 Å². The zero-order valence-corrected chi connectivity index (χ0v) is 10.6. The summed E-state index contributed by atoms with van der Waals surface area (Å²) in [5, 5.41) is 9.06. The number of hydrogen-bond donors (Lipinski definition) is 3. The third-order valence-corrected chi connectivity index (χ3v) is 2.89. The molecule has 0 saturated heterocycles. The smallest absolute Gasteiger partial charge is 0.169 e. The van der Waals surface area contributed by atoms with E-state index in [4.69, 9.17) is 23.1 Å². The number of aliphatic hydroxyl groups excluding tert-OH is 1. The molecule has 0 spiro atoms. The van der Waals surface area contributed by atoms with E-state index in [0.29, 0.717) is 13.0 Å². The molecule has 1 atom stereocenters. The number of halogens is 2. The van der Waals surface area contributed by atoms with Gasteiger partial charge < -0.3 is 21.5 Å². The molecule has 1 rings (SSSR count). The lowest BCUT2D eigenvalue weighted by molar-refractivity contribution is 0.187. The molecule has 0 aliphatic rings. The quantitative estimate of drug-likeness (QED) is 0.723. The van der Waals surface area contributed by atoms with E-state index in [0.717, 1.165) is 0 Å². The van der Waals surface area contributed by atoms with Gasteiger partial charge in [0.25, 0.3) is 0 Å². The lowest BCUT2D eigenvalue weighted by Gasteiger charge is -2.23. The first-order valence-electron chi connectivity index (χ1n) is 5.26. The molecular formula is C11H17ClFN3O. The number of benzene rings is 1. The molecular weight excluding hydrogens is 245 g/mol. The molecule has 0 aliphatic heterocycles. The molecule has 1 unspecified atom stereocenters. The van der Waals surface area contributed by atoms with Crippen LogP contribution >= 0.6 is 11.6 Å². The highest BCUT2D eigenvalue weighted by Crippen LogP contribution is 2.35. The predicted octanol–water partition coefficient (Wildman–Crippen LogP) is 1.85. The predicted molar refractivity (Wildman–Crippen MR) is 69.8 cm³/mol. The Morgan fingerprint density at radius 3 is 2.59 bits per heavy atom. The summed E-state index contributed by atoms with van der Waals surface area (Å²) in [6.07, 6.45) is 0.0585. The molecule has 0 saturated carbocycles. The first-order chi connectivity index (χ1) is 7.84. The van der Waals surface area contributed by atoms with Crippen LogP contribution in [0.5, 0.6) is 0 Å². The van der Waals surface area contributed by atoms with E-state index in [1.165, 1.54) is 6.07 Å². The van der Waals surface area contributed by atoms with Crippen LogP contribution in [0, 0.1) is 5.82 Å². The van der Waals surface area contributed by atoms with Crippen molar-refractivity contribution < 1.29 is 9.50 Å². The van der Waals surface area contributed by atoms with E-state index in [-0.39, 0.29) is 22.1 Å². The zero-order chi connectivity index (χ0) is 13.2. The Hall–Kier alpha value is -1.20. The molecule has 0 amide bonds. The molecule has 0 bridgehead atoms. The maximum atomic E-state index is 13.9. The molecule has 1 aromatic rings. The van der Waals surface area contributed by atoms with Gasteiger partial charge in [0.2, 0.25) is 0 Å². The van der Waals surface area contributed by atoms with Crippen molar-refractivity contribution in [1.29, 1.82) is 0 Å². The summed E-state index contributed by atoms with van der Waals surface area (Å²) in [7, 11) is 1.68. The van der Waals surface area contributed by atoms with Gasteiger partial charge in [-0.2, -0.15) is 0 Å². The maximum absolute atomic E-state index is 13.9. The molecule has 1 aromatic carbocycles. The lowest BCUT2D eigenvalue weighted by atomic mass is 10.2. The number of nitrogens with zero attached hydrogens (tertiary/aromatic N) is 1. The van der Waals surface area contributed by atoms with Crippen LogP contribution in [-0.4, -0.2) is 24.8 Å². The number of rotatable bonds is 4. The second kappa shape index (κ2) is 5.42. The molecule has 17 heavy (non-hydrogen) atoms. The van der Waals surface area contributed by atoms with Gasteiger partial charge in [-0.3, -0.25) is 0 Å². The van der Waals surface area contributed by atoms with Crippen molar-refractivity contribution in [2.75, 3.05) is 30.0 Å². The van der Waals surface area contributed by atoms with E-state index < -0.39 is 11.9 Å². The fourth-order valence-corrected chi connectivity index (χ4v) is 1.68. The van der Waals surface area contributed by atoms with Crippen LogP contribution in [0.15, 0.2) is 6.07 Å². The second-order valence-corrected chi connectivity index (χ2v) is 4.47. The largest absolute Gasteiger partial charge is 0.397 e. The Balaban J connectivity index is 3.01. The van der Waals surface area contributed by atoms with Crippen molar-refractivity contribution >= 4 is 28.7 Å². The standard InChI is InChI=1S/C11H17ClFN3O/c1-6(17)3-4-16(2)11-8(15)5-7(14)9(12)10(11)13/h5-6,17H,3-4,14-15H2,1-2H3. The fourth-order valence-electron chi connectivity index (χ4n) is 1.54. The average Bonchev–Trinajstić information content (AvgIpc) is 2.23. The van der Waals surface area contributed by atoms with Crippen LogP contribution < -0.4 is 16.4 Å². The van der Waals surface area contributed by atoms with Crippen LogP contribution in [0.3, 0.4) is 0 Å². The van der Waals surface area contributed by atoms with Gasteiger partial charge in [-0.15, -0.1) is 0 Å². The zero-order valence-electron chi connectivity index (χ0n) is 9.87. The summed E-state index contributed by atoms with van der Waals surface area (Å²) in [5.41, 5.74) is 11.8. The summed E-state index contributed by atoms with van der Waals surface area (Å²) in [4.78, 5) is 1.61. The average molecular weight is 262 g/mol. The minimum absolute atomic E-state index is 0.120. The first-order valence-corrected chi connectivity index (χ1v) is 5.64. The summed E-state index contributed by atoms with van der Waals surface area (Å²) < 4.78 is 13.9. The van der Waals surface area contributed by atoms with Crippen LogP contribution in [0.1, 0.15) is 13.3 Å². The molecule has 5 N–H and O–H groups in total. The minimum Gasteiger partial charge on any atom is -0.397 e. The Kier molecular flexibility index (Phi) is 4.42. The number of hydrogen-bond acceptors (Lipinski definition) is 4. The highest BCUT2D eigenvalue weighted by molar-refractivity contribution is 6.33. The molecule has 6 heteroatoms. The van der Waals surface area contributed by atoms with E-state index >= 15 is 0 Å². The Morgan fingerprint density at radius 1 is 1.47 bits per heavy atom. The Morgan fingerprint density at radius 2 is 2.06 bits per heavy atom. The van der Waals surface area contributed by atoms with E-state index in [1.54, 1.807) is 18.9 Å².